The van der Waals surface area contributed by atoms with Crippen molar-refractivity contribution < 1.29 is 14.2 Å². The van der Waals surface area contributed by atoms with Crippen LogP contribution in [0.2, 0.25) is 0 Å². The minimum atomic E-state index is 0. The maximum absolute atomic E-state index is 6.36. The number of hydrogen-bond acceptors (Lipinski definition) is 4. The number of rotatable bonds is 7. The lowest BCUT2D eigenvalue weighted by atomic mass is 9.91. The molecular formula is C21H37NO3S2. The second kappa shape index (κ2) is 12.1. The predicted molar refractivity (Wildman–Crippen MR) is 121 cm³/mol. The Kier molecular flexibility index (Phi) is 11.0. The average molecular weight is 416 g/mol. The summed E-state index contributed by atoms with van der Waals surface area (Å²) in [6, 6.07) is 6.76. The molecule has 156 valence electrons. The predicted octanol–water partition coefficient (Wildman–Crippen LogP) is 4.14. The van der Waals surface area contributed by atoms with Gasteiger partial charge in [-0.25, -0.2) is 0 Å². The Balaban J connectivity index is 0.00000182. The SMILES string of the molecule is COc1ccc(CCO[C@H]2CCCC[C@@H]2N2CC[C@@H](C)C2)cc1OC.S.S. The van der Waals surface area contributed by atoms with Gasteiger partial charge in [0.05, 0.1) is 26.9 Å². The van der Waals surface area contributed by atoms with Crippen LogP contribution in [0.4, 0.5) is 0 Å². The van der Waals surface area contributed by atoms with Gasteiger partial charge >= 0.3 is 0 Å². The summed E-state index contributed by atoms with van der Waals surface area (Å²) in [4.78, 5) is 2.69. The molecule has 0 aromatic heterocycles. The second-order valence-corrected chi connectivity index (χ2v) is 7.59. The first-order valence-corrected chi connectivity index (χ1v) is 9.78. The van der Waals surface area contributed by atoms with E-state index in [1.807, 2.05) is 6.07 Å². The maximum Gasteiger partial charge on any atom is 0.160 e. The molecule has 2 fully saturated rings. The summed E-state index contributed by atoms with van der Waals surface area (Å²) < 4.78 is 17.1. The summed E-state index contributed by atoms with van der Waals surface area (Å²) in [6.07, 6.45) is 7.83. The number of benzene rings is 1. The van der Waals surface area contributed by atoms with Crippen molar-refractivity contribution in [2.24, 2.45) is 5.92 Å². The first kappa shape index (κ1) is 24.5. The van der Waals surface area contributed by atoms with Gasteiger partial charge < -0.3 is 14.2 Å². The van der Waals surface area contributed by atoms with Crippen molar-refractivity contribution in [1.82, 2.24) is 4.90 Å². The third kappa shape index (κ3) is 6.48. The summed E-state index contributed by atoms with van der Waals surface area (Å²) in [5.41, 5.74) is 1.24. The molecule has 0 bridgehead atoms. The molecule has 6 heteroatoms. The lowest BCUT2D eigenvalue weighted by molar-refractivity contribution is -0.0298. The Hall–Kier alpha value is -0.560. The monoisotopic (exact) mass is 415 g/mol. The van der Waals surface area contributed by atoms with E-state index in [0.29, 0.717) is 12.1 Å². The van der Waals surface area contributed by atoms with Crippen molar-refractivity contribution in [2.75, 3.05) is 33.9 Å². The molecule has 1 saturated carbocycles. The highest BCUT2D eigenvalue weighted by Crippen LogP contribution is 2.30. The quantitative estimate of drug-likeness (QED) is 0.670. The normalized spacial score (nSPS) is 25.4. The zero-order valence-corrected chi connectivity index (χ0v) is 19.0. The van der Waals surface area contributed by atoms with E-state index in [1.54, 1.807) is 14.2 Å². The van der Waals surface area contributed by atoms with E-state index in [0.717, 1.165) is 30.4 Å². The molecule has 1 heterocycles. The topological polar surface area (TPSA) is 30.9 Å². The van der Waals surface area contributed by atoms with E-state index in [4.69, 9.17) is 14.2 Å². The molecule has 27 heavy (non-hydrogen) atoms. The number of methoxy groups -OCH3 is 2. The van der Waals surface area contributed by atoms with Gasteiger partial charge in [-0.1, -0.05) is 25.8 Å². The average Bonchev–Trinajstić information content (AvgIpc) is 3.08. The standard InChI is InChI=1S/C21H33NO3.2H2S/c1-16-10-12-22(15-16)18-6-4-5-7-19(18)25-13-11-17-8-9-20(23-2)21(14-17)24-3;;/h8-9,14,16,18-19H,4-7,10-13,15H2,1-3H3;2*1H2/t16-,18+,19+;;/m1../s1. The highest BCUT2D eigenvalue weighted by Gasteiger charge is 2.33. The van der Waals surface area contributed by atoms with Gasteiger partial charge in [-0.3, -0.25) is 4.90 Å². The number of likely N-dealkylation sites (tertiary alicyclic amines) is 1. The zero-order valence-electron chi connectivity index (χ0n) is 17.0. The van der Waals surface area contributed by atoms with Crippen LogP contribution in [0.1, 0.15) is 44.6 Å². The van der Waals surface area contributed by atoms with E-state index in [1.165, 1.54) is 50.8 Å². The molecule has 0 unspecified atom stereocenters. The lowest BCUT2D eigenvalue weighted by Gasteiger charge is -2.38. The van der Waals surface area contributed by atoms with Crippen LogP contribution in [-0.4, -0.2) is 51.0 Å². The van der Waals surface area contributed by atoms with E-state index in [-0.39, 0.29) is 27.0 Å². The van der Waals surface area contributed by atoms with Crippen molar-refractivity contribution >= 4 is 27.0 Å². The zero-order chi connectivity index (χ0) is 17.6. The van der Waals surface area contributed by atoms with Gasteiger partial charge in [-0.05, 0) is 55.8 Å². The second-order valence-electron chi connectivity index (χ2n) is 7.59. The molecule has 0 N–H and O–H groups in total. The first-order chi connectivity index (χ1) is 12.2. The first-order valence-electron chi connectivity index (χ1n) is 9.78. The fourth-order valence-corrected chi connectivity index (χ4v) is 4.32. The summed E-state index contributed by atoms with van der Waals surface area (Å²) in [6.45, 7) is 5.65. The molecular weight excluding hydrogens is 378 g/mol. The molecule has 1 aromatic carbocycles. The van der Waals surface area contributed by atoms with E-state index >= 15 is 0 Å². The smallest absolute Gasteiger partial charge is 0.160 e. The Labute approximate surface area is 178 Å². The summed E-state index contributed by atoms with van der Waals surface area (Å²) in [7, 11) is 3.35. The molecule has 3 rings (SSSR count). The number of ether oxygens (including phenoxy) is 3. The highest BCUT2D eigenvalue weighted by atomic mass is 32.1. The van der Waals surface area contributed by atoms with Crippen LogP contribution in [0.25, 0.3) is 0 Å². The lowest BCUT2D eigenvalue weighted by Crippen LogP contribution is -2.45. The molecule has 4 nitrogen and oxygen atoms in total. The van der Waals surface area contributed by atoms with Crippen LogP contribution >= 0.6 is 27.0 Å². The molecule has 2 aliphatic rings. The van der Waals surface area contributed by atoms with Crippen LogP contribution in [0, 0.1) is 5.92 Å². The Morgan fingerprint density at radius 3 is 2.41 bits per heavy atom. The van der Waals surface area contributed by atoms with Gasteiger partial charge in [0.25, 0.3) is 0 Å². The minimum Gasteiger partial charge on any atom is -0.493 e. The van der Waals surface area contributed by atoms with Crippen molar-refractivity contribution in [1.29, 1.82) is 0 Å². The third-order valence-corrected chi connectivity index (χ3v) is 5.76. The fourth-order valence-electron chi connectivity index (χ4n) is 4.32. The van der Waals surface area contributed by atoms with Crippen molar-refractivity contribution in [3.8, 4) is 11.5 Å². The molecule has 0 amide bonds. The molecule has 0 spiro atoms. The van der Waals surface area contributed by atoms with Gasteiger partial charge in [0.1, 0.15) is 0 Å². The molecule has 1 saturated heterocycles. The van der Waals surface area contributed by atoms with Crippen LogP contribution in [0.15, 0.2) is 18.2 Å². The third-order valence-electron chi connectivity index (χ3n) is 5.76. The van der Waals surface area contributed by atoms with Gasteiger partial charge in [0.2, 0.25) is 0 Å². The minimum absolute atomic E-state index is 0. The van der Waals surface area contributed by atoms with Crippen LogP contribution in [0.5, 0.6) is 11.5 Å². The Morgan fingerprint density at radius 2 is 1.74 bits per heavy atom. The summed E-state index contributed by atoms with van der Waals surface area (Å²) >= 11 is 0. The Bertz CT molecular complexity index is 558. The van der Waals surface area contributed by atoms with E-state index in [9.17, 15) is 0 Å². The van der Waals surface area contributed by atoms with Gasteiger partial charge in [-0.2, -0.15) is 27.0 Å². The molecule has 1 aliphatic carbocycles. The highest BCUT2D eigenvalue weighted by molar-refractivity contribution is 7.59. The Morgan fingerprint density at radius 1 is 1.00 bits per heavy atom. The molecule has 3 atom stereocenters. The van der Waals surface area contributed by atoms with Crippen LogP contribution in [0.3, 0.4) is 0 Å². The van der Waals surface area contributed by atoms with Crippen LogP contribution < -0.4 is 9.47 Å². The van der Waals surface area contributed by atoms with E-state index in [2.05, 4.69) is 24.0 Å². The van der Waals surface area contributed by atoms with Crippen molar-refractivity contribution in [3.05, 3.63) is 23.8 Å². The maximum atomic E-state index is 6.36. The number of hydrogen-bond donors (Lipinski definition) is 0. The van der Waals surface area contributed by atoms with E-state index < -0.39 is 0 Å². The number of nitrogens with zero attached hydrogens (tertiary/aromatic N) is 1. The summed E-state index contributed by atoms with van der Waals surface area (Å²) in [5.74, 6) is 2.42. The van der Waals surface area contributed by atoms with Gasteiger partial charge in [-0.15, -0.1) is 0 Å². The van der Waals surface area contributed by atoms with Crippen LogP contribution in [-0.2, 0) is 11.2 Å². The molecule has 0 radical (unpaired) electrons. The van der Waals surface area contributed by atoms with Crippen molar-refractivity contribution in [2.45, 2.75) is 57.6 Å². The largest absolute Gasteiger partial charge is 0.493 e. The molecule has 1 aromatic rings. The van der Waals surface area contributed by atoms with Crippen molar-refractivity contribution in [3.63, 3.8) is 0 Å². The molecule has 1 aliphatic heterocycles. The van der Waals surface area contributed by atoms with Gasteiger partial charge in [0.15, 0.2) is 11.5 Å². The summed E-state index contributed by atoms with van der Waals surface area (Å²) in [5, 5.41) is 0. The fraction of sp³-hybridized carbons (Fsp3) is 0.714. The van der Waals surface area contributed by atoms with Gasteiger partial charge in [0, 0.05) is 12.6 Å².